The van der Waals surface area contributed by atoms with E-state index < -0.39 is 18.4 Å². The van der Waals surface area contributed by atoms with E-state index in [0.717, 1.165) is 17.0 Å². The van der Waals surface area contributed by atoms with Gasteiger partial charge in [-0.05, 0) is 23.6 Å². The SMILES string of the molecule is CC(C)C1NC(=O)N(Cc2ccc(OC(F)(F)F)cc2)C1=O. The monoisotopic (exact) mass is 316 g/mol. The molecule has 0 aliphatic carbocycles. The first-order chi connectivity index (χ1) is 10.2. The standard InChI is InChI=1S/C14H15F3N2O3/c1-8(2)11-12(20)19(13(21)18-11)7-9-3-5-10(6-4-9)22-14(15,16)17/h3-6,8,11H,7H2,1-2H3,(H,18,21). The predicted octanol–water partition coefficient (Wildman–Crippen LogP) is 2.66. The van der Waals surface area contributed by atoms with E-state index in [9.17, 15) is 22.8 Å². The Hall–Kier alpha value is -2.25. The lowest BCUT2D eigenvalue weighted by molar-refractivity contribution is -0.274. The summed E-state index contributed by atoms with van der Waals surface area (Å²) in [6.07, 6.45) is -4.75. The van der Waals surface area contributed by atoms with Gasteiger partial charge >= 0.3 is 12.4 Å². The van der Waals surface area contributed by atoms with Crippen molar-refractivity contribution in [1.82, 2.24) is 10.2 Å². The van der Waals surface area contributed by atoms with Gasteiger partial charge < -0.3 is 10.1 Å². The second kappa shape index (κ2) is 5.86. The number of carbonyl (C=O) groups is 2. The zero-order valence-corrected chi connectivity index (χ0v) is 12.0. The van der Waals surface area contributed by atoms with Gasteiger partial charge in [-0.25, -0.2) is 4.79 Å². The molecule has 0 bridgehead atoms. The molecule has 1 atom stereocenters. The van der Waals surface area contributed by atoms with E-state index in [2.05, 4.69) is 10.1 Å². The number of nitrogens with one attached hydrogen (secondary N) is 1. The summed E-state index contributed by atoms with van der Waals surface area (Å²) in [6, 6.07) is 3.97. The van der Waals surface area contributed by atoms with Gasteiger partial charge in [0.05, 0.1) is 6.54 Å². The molecule has 120 valence electrons. The first kappa shape index (κ1) is 16.1. The molecule has 1 aromatic carbocycles. The topological polar surface area (TPSA) is 58.6 Å². The number of alkyl halides is 3. The van der Waals surface area contributed by atoms with Crippen LogP contribution in [0.4, 0.5) is 18.0 Å². The number of nitrogens with zero attached hydrogens (tertiary/aromatic N) is 1. The van der Waals surface area contributed by atoms with Crippen molar-refractivity contribution in [3.05, 3.63) is 29.8 Å². The average molecular weight is 316 g/mol. The lowest BCUT2D eigenvalue weighted by Gasteiger charge is -2.15. The van der Waals surface area contributed by atoms with Crippen LogP contribution < -0.4 is 10.1 Å². The summed E-state index contributed by atoms with van der Waals surface area (Å²) in [5.41, 5.74) is 0.530. The normalized spacial score (nSPS) is 18.8. The molecule has 3 amide bonds. The van der Waals surface area contributed by atoms with E-state index in [1.165, 1.54) is 12.1 Å². The molecule has 1 N–H and O–H groups in total. The largest absolute Gasteiger partial charge is 0.573 e. The van der Waals surface area contributed by atoms with E-state index in [4.69, 9.17) is 0 Å². The van der Waals surface area contributed by atoms with Crippen LogP contribution in [-0.4, -0.2) is 29.2 Å². The minimum absolute atomic E-state index is 0.000183. The van der Waals surface area contributed by atoms with Crippen LogP contribution in [0.25, 0.3) is 0 Å². The van der Waals surface area contributed by atoms with Crippen molar-refractivity contribution in [1.29, 1.82) is 0 Å². The van der Waals surface area contributed by atoms with Gasteiger partial charge in [0.2, 0.25) is 0 Å². The van der Waals surface area contributed by atoms with Crippen LogP contribution >= 0.6 is 0 Å². The molecule has 1 aromatic rings. The predicted molar refractivity (Wildman–Crippen MR) is 70.8 cm³/mol. The molecule has 5 nitrogen and oxygen atoms in total. The Morgan fingerprint density at radius 3 is 2.27 bits per heavy atom. The fourth-order valence-electron chi connectivity index (χ4n) is 2.12. The molecule has 8 heteroatoms. The molecular weight excluding hydrogens is 301 g/mol. The number of benzene rings is 1. The fraction of sp³-hybridized carbons (Fsp3) is 0.429. The Bertz CT molecular complexity index is 570. The van der Waals surface area contributed by atoms with Crippen molar-refractivity contribution in [3.63, 3.8) is 0 Å². The quantitative estimate of drug-likeness (QED) is 0.869. The van der Waals surface area contributed by atoms with Gasteiger partial charge in [-0.15, -0.1) is 13.2 Å². The number of amides is 3. The number of hydrogen-bond acceptors (Lipinski definition) is 3. The third-order valence-corrected chi connectivity index (χ3v) is 3.22. The van der Waals surface area contributed by atoms with Crippen molar-refractivity contribution in [3.8, 4) is 5.75 Å². The van der Waals surface area contributed by atoms with Crippen molar-refractivity contribution in [2.24, 2.45) is 5.92 Å². The molecule has 1 heterocycles. The van der Waals surface area contributed by atoms with E-state index in [1.54, 1.807) is 0 Å². The Labute approximate surface area is 125 Å². The first-order valence-electron chi connectivity index (χ1n) is 6.64. The molecule has 0 radical (unpaired) electrons. The lowest BCUT2D eigenvalue weighted by atomic mass is 10.0. The number of urea groups is 1. The molecule has 0 saturated carbocycles. The molecule has 0 spiro atoms. The second-order valence-corrected chi connectivity index (χ2v) is 5.29. The van der Waals surface area contributed by atoms with Gasteiger partial charge in [-0.2, -0.15) is 0 Å². The van der Waals surface area contributed by atoms with Crippen molar-refractivity contribution >= 4 is 11.9 Å². The molecular formula is C14H15F3N2O3. The highest BCUT2D eigenvalue weighted by atomic mass is 19.4. The Kier molecular flexibility index (Phi) is 4.30. The van der Waals surface area contributed by atoms with Crippen LogP contribution in [0.5, 0.6) is 5.75 Å². The number of rotatable bonds is 4. The minimum Gasteiger partial charge on any atom is -0.406 e. The maximum Gasteiger partial charge on any atom is 0.573 e. The summed E-state index contributed by atoms with van der Waals surface area (Å²) in [4.78, 5) is 24.9. The number of imide groups is 1. The zero-order valence-electron chi connectivity index (χ0n) is 12.0. The van der Waals surface area contributed by atoms with Gasteiger partial charge in [-0.1, -0.05) is 26.0 Å². The number of halogens is 3. The summed E-state index contributed by atoms with van der Waals surface area (Å²) in [7, 11) is 0. The van der Waals surface area contributed by atoms with Gasteiger partial charge in [0.25, 0.3) is 5.91 Å². The number of hydrogen-bond donors (Lipinski definition) is 1. The van der Waals surface area contributed by atoms with Gasteiger partial charge in [-0.3, -0.25) is 9.69 Å². The minimum atomic E-state index is -4.75. The summed E-state index contributed by atoms with van der Waals surface area (Å²) >= 11 is 0. The van der Waals surface area contributed by atoms with Crippen LogP contribution in [0.1, 0.15) is 19.4 Å². The molecule has 1 unspecified atom stereocenters. The highest BCUT2D eigenvalue weighted by Crippen LogP contribution is 2.23. The highest BCUT2D eigenvalue weighted by Gasteiger charge is 2.39. The molecule has 1 fully saturated rings. The van der Waals surface area contributed by atoms with Crippen LogP contribution in [0.15, 0.2) is 24.3 Å². The van der Waals surface area contributed by atoms with E-state index in [1.807, 2.05) is 13.8 Å². The molecule has 22 heavy (non-hydrogen) atoms. The maximum absolute atomic E-state index is 12.1. The van der Waals surface area contributed by atoms with E-state index in [0.29, 0.717) is 5.56 Å². The summed E-state index contributed by atoms with van der Waals surface area (Å²) in [5.74, 6) is -0.729. The summed E-state index contributed by atoms with van der Waals surface area (Å²) in [5, 5.41) is 2.58. The zero-order chi connectivity index (χ0) is 16.5. The average Bonchev–Trinajstić information content (AvgIpc) is 2.67. The van der Waals surface area contributed by atoms with Crippen molar-refractivity contribution in [2.45, 2.75) is 32.8 Å². The Morgan fingerprint density at radius 2 is 1.82 bits per heavy atom. The summed E-state index contributed by atoms with van der Waals surface area (Å²) < 4.78 is 39.9. The smallest absolute Gasteiger partial charge is 0.406 e. The second-order valence-electron chi connectivity index (χ2n) is 5.29. The van der Waals surface area contributed by atoms with E-state index >= 15 is 0 Å². The van der Waals surface area contributed by atoms with Crippen molar-refractivity contribution in [2.75, 3.05) is 0 Å². The van der Waals surface area contributed by atoms with Gasteiger partial charge in [0, 0.05) is 0 Å². The number of ether oxygens (including phenoxy) is 1. The van der Waals surface area contributed by atoms with Gasteiger partial charge in [0.15, 0.2) is 0 Å². The third kappa shape index (κ3) is 3.69. The number of carbonyl (C=O) groups excluding carboxylic acids is 2. The highest BCUT2D eigenvalue weighted by molar-refractivity contribution is 6.04. The molecule has 1 saturated heterocycles. The Morgan fingerprint density at radius 1 is 1.23 bits per heavy atom. The first-order valence-corrected chi connectivity index (χ1v) is 6.64. The summed E-state index contributed by atoms with van der Waals surface area (Å²) in [6.45, 7) is 3.63. The molecule has 2 rings (SSSR count). The molecule has 1 aliphatic heterocycles. The Balaban J connectivity index is 2.05. The molecule has 1 aliphatic rings. The van der Waals surface area contributed by atoms with Crippen LogP contribution in [0.2, 0.25) is 0 Å². The molecule has 0 aromatic heterocycles. The van der Waals surface area contributed by atoms with Crippen LogP contribution in [0, 0.1) is 5.92 Å². The lowest BCUT2D eigenvalue weighted by Crippen LogP contribution is -2.34. The van der Waals surface area contributed by atoms with E-state index in [-0.39, 0.29) is 24.1 Å². The van der Waals surface area contributed by atoms with Crippen LogP contribution in [0.3, 0.4) is 0 Å². The van der Waals surface area contributed by atoms with Gasteiger partial charge in [0.1, 0.15) is 11.8 Å². The van der Waals surface area contributed by atoms with Crippen molar-refractivity contribution < 1.29 is 27.5 Å². The van der Waals surface area contributed by atoms with Crippen LogP contribution in [-0.2, 0) is 11.3 Å². The maximum atomic E-state index is 12.1. The third-order valence-electron chi connectivity index (χ3n) is 3.22. The fourth-order valence-corrected chi connectivity index (χ4v) is 2.12.